The molecule has 0 saturated carbocycles. The number of hydrogen-bond donors (Lipinski definition) is 3. The predicted octanol–water partition coefficient (Wildman–Crippen LogP) is 2.62. The van der Waals surface area contributed by atoms with Crippen LogP contribution in [0.4, 0.5) is 11.4 Å². The number of nitrogen functional groups attached to an aromatic ring is 1. The lowest BCUT2D eigenvalue weighted by atomic mass is 10.1. The van der Waals surface area contributed by atoms with Crippen LogP contribution in [-0.2, 0) is 4.79 Å². The highest BCUT2D eigenvalue weighted by atomic mass is 16.5. The quantitative estimate of drug-likeness (QED) is 0.414. The number of anilines is 2. The van der Waals surface area contributed by atoms with Crippen LogP contribution in [0, 0.1) is 0 Å². The molecule has 6 heteroatoms. The molecule has 0 saturated heterocycles. The van der Waals surface area contributed by atoms with Crippen LogP contribution in [-0.4, -0.2) is 24.8 Å². The first-order valence-electron chi connectivity index (χ1n) is 7.74. The summed E-state index contributed by atoms with van der Waals surface area (Å²) in [6.45, 7) is 4.52. The number of ether oxygens (including phenoxy) is 1. The molecule has 6 nitrogen and oxygen atoms in total. The van der Waals surface area contributed by atoms with Gasteiger partial charge in [0.15, 0.2) is 0 Å². The topological polar surface area (TPSA) is 88.7 Å². The number of hydrazone groups is 1. The zero-order valence-electron chi connectivity index (χ0n) is 13.9. The fourth-order valence-corrected chi connectivity index (χ4v) is 1.99. The zero-order chi connectivity index (χ0) is 17.4. The molecule has 126 valence electrons. The standard InChI is InChI=1S/C18H22N4O2/c1-3-24-17-10-8-16(9-11-17)20-12-18(23)22-21-13(2)14-4-6-15(19)7-5-14/h4-11,20H,3,12,19H2,1-2H3,(H,22,23)/b21-13+. The van der Waals surface area contributed by atoms with Crippen molar-refractivity contribution >= 4 is 23.0 Å². The first-order chi connectivity index (χ1) is 11.6. The molecule has 2 aromatic rings. The molecule has 1 amide bonds. The molecule has 24 heavy (non-hydrogen) atoms. The molecule has 0 aliphatic rings. The summed E-state index contributed by atoms with van der Waals surface area (Å²) < 4.78 is 5.37. The Morgan fingerprint density at radius 1 is 1.12 bits per heavy atom. The maximum absolute atomic E-state index is 11.9. The van der Waals surface area contributed by atoms with Crippen molar-refractivity contribution in [2.75, 3.05) is 24.2 Å². The summed E-state index contributed by atoms with van der Waals surface area (Å²) in [5, 5.41) is 7.12. The highest BCUT2D eigenvalue weighted by molar-refractivity contribution is 5.99. The Labute approximate surface area is 141 Å². The third kappa shape index (κ3) is 5.31. The summed E-state index contributed by atoms with van der Waals surface area (Å²) >= 11 is 0. The van der Waals surface area contributed by atoms with Gasteiger partial charge in [0.1, 0.15) is 5.75 Å². The van der Waals surface area contributed by atoms with Gasteiger partial charge in [0, 0.05) is 11.4 Å². The van der Waals surface area contributed by atoms with E-state index in [0.29, 0.717) is 18.0 Å². The highest BCUT2D eigenvalue weighted by Gasteiger charge is 2.02. The molecular formula is C18H22N4O2. The van der Waals surface area contributed by atoms with E-state index < -0.39 is 0 Å². The lowest BCUT2D eigenvalue weighted by Crippen LogP contribution is -2.26. The predicted molar refractivity (Wildman–Crippen MR) is 97.3 cm³/mol. The van der Waals surface area contributed by atoms with Gasteiger partial charge in [0.2, 0.25) is 0 Å². The third-order valence-electron chi connectivity index (χ3n) is 3.30. The Morgan fingerprint density at radius 3 is 2.42 bits per heavy atom. The summed E-state index contributed by atoms with van der Waals surface area (Å²) in [4.78, 5) is 11.9. The summed E-state index contributed by atoms with van der Waals surface area (Å²) in [6, 6.07) is 14.7. The molecule has 0 atom stereocenters. The fraction of sp³-hybridized carbons (Fsp3) is 0.222. The molecule has 0 fully saturated rings. The van der Waals surface area contributed by atoms with Crippen LogP contribution in [0.5, 0.6) is 5.75 Å². The van der Waals surface area contributed by atoms with Crippen molar-refractivity contribution in [3.05, 3.63) is 54.1 Å². The largest absolute Gasteiger partial charge is 0.494 e. The van der Waals surface area contributed by atoms with E-state index in [1.807, 2.05) is 50.2 Å². The van der Waals surface area contributed by atoms with Gasteiger partial charge in [-0.3, -0.25) is 4.79 Å². The average Bonchev–Trinajstić information content (AvgIpc) is 2.60. The van der Waals surface area contributed by atoms with Gasteiger partial charge in [0.05, 0.1) is 18.9 Å². The van der Waals surface area contributed by atoms with Crippen LogP contribution in [0.3, 0.4) is 0 Å². The summed E-state index contributed by atoms with van der Waals surface area (Å²) in [7, 11) is 0. The molecule has 0 spiro atoms. The Balaban J connectivity index is 1.82. The second-order valence-electron chi connectivity index (χ2n) is 5.17. The molecule has 0 heterocycles. The molecule has 4 N–H and O–H groups in total. The number of carbonyl (C=O) groups is 1. The molecule has 0 aliphatic carbocycles. The van der Waals surface area contributed by atoms with Gasteiger partial charge in [0.25, 0.3) is 5.91 Å². The highest BCUT2D eigenvalue weighted by Crippen LogP contribution is 2.15. The second-order valence-corrected chi connectivity index (χ2v) is 5.17. The molecule has 0 radical (unpaired) electrons. The maximum Gasteiger partial charge on any atom is 0.259 e. The Hall–Kier alpha value is -3.02. The van der Waals surface area contributed by atoms with Gasteiger partial charge in [-0.15, -0.1) is 0 Å². The van der Waals surface area contributed by atoms with Crippen molar-refractivity contribution in [1.29, 1.82) is 0 Å². The monoisotopic (exact) mass is 326 g/mol. The van der Waals surface area contributed by atoms with E-state index in [1.165, 1.54) is 0 Å². The number of rotatable bonds is 7. The molecule has 0 aromatic heterocycles. The van der Waals surface area contributed by atoms with E-state index in [1.54, 1.807) is 12.1 Å². The Kier molecular flexibility index (Phi) is 6.19. The van der Waals surface area contributed by atoms with Crippen molar-refractivity contribution in [2.45, 2.75) is 13.8 Å². The van der Waals surface area contributed by atoms with Gasteiger partial charge in [-0.25, -0.2) is 5.43 Å². The van der Waals surface area contributed by atoms with Gasteiger partial charge < -0.3 is 15.8 Å². The van der Waals surface area contributed by atoms with E-state index >= 15 is 0 Å². The summed E-state index contributed by atoms with van der Waals surface area (Å²) in [5.41, 5.74) is 11.3. The van der Waals surface area contributed by atoms with Crippen LogP contribution < -0.4 is 21.2 Å². The van der Waals surface area contributed by atoms with Crippen molar-refractivity contribution in [2.24, 2.45) is 5.10 Å². The molecular weight excluding hydrogens is 304 g/mol. The van der Waals surface area contributed by atoms with Crippen molar-refractivity contribution in [3.63, 3.8) is 0 Å². The van der Waals surface area contributed by atoms with E-state index in [2.05, 4.69) is 15.8 Å². The Bertz CT molecular complexity index is 694. The van der Waals surface area contributed by atoms with Crippen molar-refractivity contribution < 1.29 is 9.53 Å². The number of nitrogens with zero attached hydrogens (tertiary/aromatic N) is 1. The summed E-state index contributed by atoms with van der Waals surface area (Å²) in [6.07, 6.45) is 0. The van der Waals surface area contributed by atoms with Crippen LogP contribution in [0.1, 0.15) is 19.4 Å². The minimum absolute atomic E-state index is 0.131. The molecule has 2 rings (SSSR count). The lowest BCUT2D eigenvalue weighted by Gasteiger charge is -2.08. The second kappa shape index (κ2) is 8.57. The number of hydrogen-bond acceptors (Lipinski definition) is 5. The lowest BCUT2D eigenvalue weighted by molar-refractivity contribution is -0.119. The minimum Gasteiger partial charge on any atom is -0.494 e. The van der Waals surface area contributed by atoms with Crippen molar-refractivity contribution in [3.8, 4) is 5.75 Å². The summed E-state index contributed by atoms with van der Waals surface area (Å²) in [5.74, 6) is 0.579. The van der Waals surface area contributed by atoms with E-state index in [4.69, 9.17) is 10.5 Å². The molecule has 0 bridgehead atoms. The molecule has 0 unspecified atom stereocenters. The number of benzene rings is 2. The Morgan fingerprint density at radius 2 is 1.79 bits per heavy atom. The van der Waals surface area contributed by atoms with E-state index in [-0.39, 0.29) is 12.5 Å². The number of carbonyl (C=O) groups excluding carboxylic acids is 1. The van der Waals surface area contributed by atoms with Crippen LogP contribution >= 0.6 is 0 Å². The zero-order valence-corrected chi connectivity index (χ0v) is 13.9. The SMILES string of the molecule is CCOc1ccc(NCC(=O)N/N=C(\C)c2ccc(N)cc2)cc1. The smallest absolute Gasteiger partial charge is 0.259 e. The van der Waals surface area contributed by atoms with Gasteiger partial charge in [-0.2, -0.15) is 5.10 Å². The van der Waals surface area contributed by atoms with E-state index in [0.717, 1.165) is 17.0 Å². The van der Waals surface area contributed by atoms with Crippen LogP contribution in [0.25, 0.3) is 0 Å². The minimum atomic E-state index is -0.223. The first kappa shape index (κ1) is 17.3. The number of nitrogens with one attached hydrogen (secondary N) is 2. The van der Waals surface area contributed by atoms with Gasteiger partial charge >= 0.3 is 0 Å². The third-order valence-corrected chi connectivity index (χ3v) is 3.30. The maximum atomic E-state index is 11.9. The fourth-order valence-electron chi connectivity index (χ4n) is 1.99. The molecule has 2 aromatic carbocycles. The number of amides is 1. The van der Waals surface area contributed by atoms with E-state index in [9.17, 15) is 4.79 Å². The van der Waals surface area contributed by atoms with Gasteiger partial charge in [-0.1, -0.05) is 12.1 Å². The average molecular weight is 326 g/mol. The van der Waals surface area contributed by atoms with Crippen LogP contribution in [0.2, 0.25) is 0 Å². The van der Waals surface area contributed by atoms with Gasteiger partial charge in [-0.05, 0) is 55.8 Å². The normalized spacial score (nSPS) is 11.0. The van der Waals surface area contributed by atoms with Crippen molar-refractivity contribution in [1.82, 2.24) is 5.43 Å². The van der Waals surface area contributed by atoms with Crippen LogP contribution in [0.15, 0.2) is 53.6 Å². The molecule has 0 aliphatic heterocycles. The first-order valence-corrected chi connectivity index (χ1v) is 7.74. The number of nitrogens with two attached hydrogens (primary N) is 1.